The van der Waals surface area contributed by atoms with Crippen LogP contribution >= 0.6 is 0 Å². The molecular weight excluding hydrogens is 220 g/mol. The molecule has 0 fully saturated rings. The number of anilines is 1. The summed E-state index contributed by atoms with van der Waals surface area (Å²) in [5, 5.41) is 4.93. The minimum atomic E-state index is 0.804. The number of hydrogen-bond acceptors (Lipinski definition) is 1. The Morgan fingerprint density at radius 3 is 2.56 bits per heavy atom. The number of nitrogens with two attached hydrogens (primary N) is 1. The van der Waals surface area contributed by atoms with Crippen molar-refractivity contribution in [3.63, 3.8) is 0 Å². The number of fused-ring (bicyclic) bond motifs is 5. The smallest absolute Gasteiger partial charge is 0.0544 e. The van der Waals surface area contributed by atoms with Gasteiger partial charge in [-0.15, -0.1) is 0 Å². The van der Waals surface area contributed by atoms with Gasteiger partial charge in [-0.05, 0) is 23.6 Å². The van der Waals surface area contributed by atoms with Crippen molar-refractivity contribution in [3.8, 4) is 0 Å². The Morgan fingerprint density at radius 2 is 1.61 bits per heavy atom. The lowest BCUT2D eigenvalue weighted by atomic mass is 10.1. The molecule has 1 aromatic heterocycles. The summed E-state index contributed by atoms with van der Waals surface area (Å²) in [6, 6.07) is 18.7. The van der Waals surface area contributed by atoms with E-state index in [9.17, 15) is 0 Å². The van der Waals surface area contributed by atoms with Crippen LogP contribution in [-0.4, -0.2) is 4.98 Å². The Labute approximate surface area is 104 Å². The average Bonchev–Trinajstić information content (AvgIpc) is 2.77. The van der Waals surface area contributed by atoms with Crippen LogP contribution in [0.5, 0.6) is 0 Å². The van der Waals surface area contributed by atoms with Gasteiger partial charge in [0.05, 0.1) is 5.52 Å². The highest BCUT2D eigenvalue weighted by Gasteiger charge is 2.06. The second kappa shape index (κ2) is 3.26. The molecule has 2 nitrogen and oxygen atoms in total. The largest absolute Gasteiger partial charge is 0.399 e. The summed E-state index contributed by atoms with van der Waals surface area (Å²) in [7, 11) is 0. The first kappa shape index (κ1) is 9.54. The Morgan fingerprint density at radius 1 is 0.778 bits per heavy atom. The molecule has 0 aliphatic rings. The summed E-state index contributed by atoms with van der Waals surface area (Å²) < 4.78 is 0. The second-order valence-electron chi connectivity index (χ2n) is 4.64. The van der Waals surface area contributed by atoms with E-state index in [4.69, 9.17) is 5.73 Å². The highest BCUT2D eigenvalue weighted by Crippen LogP contribution is 2.31. The SMILES string of the molecule is Nc1ccc2c(ccc3c4ccccc4[nH]c23)c1. The molecule has 0 saturated heterocycles. The van der Waals surface area contributed by atoms with Crippen LogP contribution in [0.4, 0.5) is 5.69 Å². The molecule has 3 N–H and O–H groups in total. The van der Waals surface area contributed by atoms with E-state index in [1.807, 2.05) is 12.1 Å². The number of para-hydroxylation sites is 1. The van der Waals surface area contributed by atoms with E-state index in [0.717, 1.165) is 5.69 Å². The van der Waals surface area contributed by atoms with Crippen LogP contribution in [0.15, 0.2) is 54.6 Å². The van der Waals surface area contributed by atoms with Crippen LogP contribution in [0.1, 0.15) is 0 Å². The average molecular weight is 232 g/mol. The number of H-pyrrole nitrogens is 1. The number of benzene rings is 3. The first-order valence-corrected chi connectivity index (χ1v) is 6.01. The molecule has 0 spiro atoms. The maximum Gasteiger partial charge on any atom is 0.0544 e. The summed E-state index contributed by atoms with van der Waals surface area (Å²) in [5.74, 6) is 0. The van der Waals surface area contributed by atoms with Gasteiger partial charge in [0.25, 0.3) is 0 Å². The molecule has 1 heterocycles. The number of hydrogen-bond donors (Lipinski definition) is 2. The number of nitrogens with one attached hydrogen (secondary N) is 1. The Bertz CT molecular complexity index is 887. The minimum Gasteiger partial charge on any atom is -0.399 e. The highest BCUT2D eigenvalue weighted by atomic mass is 14.7. The fourth-order valence-electron chi connectivity index (χ4n) is 2.67. The molecule has 2 heteroatoms. The van der Waals surface area contributed by atoms with Crippen LogP contribution in [0.25, 0.3) is 32.6 Å². The predicted molar refractivity (Wildman–Crippen MR) is 77.7 cm³/mol. The maximum atomic E-state index is 5.83. The van der Waals surface area contributed by atoms with Gasteiger partial charge in [-0.25, -0.2) is 0 Å². The molecule has 3 aromatic carbocycles. The first-order valence-electron chi connectivity index (χ1n) is 6.01. The first-order chi connectivity index (χ1) is 8.83. The maximum absolute atomic E-state index is 5.83. The highest BCUT2D eigenvalue weighted by molar-refractivity contribution is 6.17. The molecule has 0 bridgehead atoms. The number of aromatic amines is 1. The van der Waals surface area contributed by atoms with Crippen molar-refractivity contribution in [2.75, 3.05) is 5.73 Å². The van der Waals surface area contributed by atoms with Crippen molar-refractivity contribution >= 4 is 38.3 Å². The lowest BCUT2D eigenvalue weighted by molar-refractivity contribution is 1.56. The van der Waals surface area contributed by atoms with Crippen molar-refractivity contribution in [2.24, 2.45) is 0 Å². The van der Waals surface area contributed by atoms with Gasteiger partial charge in [0, 0.05) is 27.4 Å². The topological polar surface area (TPSA) is 41.8 Å². The zero-order chi connectivity index (χ0) is 12.1. The van der Waals surface area contributed by atoms with Crippen LogP contribution in [-0.2, 0) is 0 Å². The van der Waals surface area contributed by atoms with E-state index in [2.05, 4.69) is 47.4 Å². The normalized spacial score (nSPS) is 11.6. The summed E-state index contributed by atoms with van der Waals surface area (Å²) in [4.78, 5) is 3.50. The lowest BCUT2D eigenvalue weighted by Gasteiger charge is -2.01. The quantitative estimate of drug-likeness (QED) is 0.441. The molecule has 0 saturated carbocycles. The van der Waals surface area contributed by atoms with Crippen molar-refractivity contribution in [2.45, 2.75) is 0 Å². The predicted octanol–water partition coefficient (Wildman–Crippen LogP) is 4.06. The van der Waals surface area contributed by atoms with E-state index in [0.29, 0.717) is 0 Å². The van der Waals surface area contributed by atoms with Gasteiger partial charge >= 0.3 is 0 Å². The summed E-state index contributed by atoms with van der Waals surface area (Å²) in [6.07, 6.45) is 0. The Hall–Kier alpha value is -2.48. The van der Waals surface area contributed by atoms with Crippen molar-refractivity contribution in [1.82, 2.24) is 4.98 Å². The van der Waals surface area contributed by atoms with Gasteiger partial charge in [0.2, 0.25) is 0 Å². The minimum absolute atomic E-state index is 0.804. The number of aromatic nitrogens is 1. The summed E-state index contributed by atoms with van der Waals surface area (Å²) >= 11 is 0. The van der Waals surface area contributed by atoms with Crippen molar-refractivity contribution < 1.29 is 0 Å². The molecule has 0 aliphatic heterocycles. The molecule has 86 valence electrons. The number of rotatable bonds is 0. The van der Waals surface area contributed by atoms with Gasteiger partial charge in [0.1, 0.15) is 0 Å². The molecule has 0 amide bonds. The van der Waals surface area contributed by atoms with Gasteiger partial charge in [0.15, 0.2) is 0 Å². The molecule has 4 rings (SSSR count). The summed E-state index contributed by atoms with van der Waals surface area (Å²) in [6.45, 7) is 0. The standard InChI is InChI=1S/C16H12N2/c17-11-6-8-12-10(9-11)5-7-14-13-3-1-2-4-15(13)18-16(12)14/h1-9,18H,17H2. The monoisotopic (exact) mass is 232 g/mol. The molecule has 0 atom stereocenters. The molecule has 0 radical (unpaired) electrons. The van der Waals surface area contributed by atoms with E-state index in [-0.39, 0.29) is 0 Å². The van der Waals surface area contributed by atoms with Crippen molar-refractivity contribution in [1.29, 1.82) is 0 Å². The Balaban J connectivity index is 2.28. The molecule has 4 aromatic rings. The molecule has 0 unspecified atom stereocenters. The third-order valence-corrected chi connectivity index (χ3v) is 3.52. The zero-order valence-corrected chi connectivity index (χ0v) is 9.77. The second-order valence-corrected chi connectivity index (χ2v) is 4.64. The van der Waals surface area contributed by atoms with E-state index in [1.165, 1.54) is 32.6 Å². The van der Waals surface area contributed by atoms with Crippen molar-refractivity contribution in [3.05, 3.63) is 54.6 Å². The zero-order valence-electron chi connectivity index (χ0n) is 9.77. The molecule has 0 aliphatic carbocycles. The third-order valence-electron chi connectivity index (χ3n) is 3.52. The number of nitrogen functional groups attached to an aromatic ring is 1. The van der Waals surface area contributed by atoms with Gasteiger partial charge in [-0.3, -0.25) is 0 Å². The van der Waals surface area contributed by atoms with E-state index < -0.39 is 0 Å². The van der Waals surface area contributed by atoms with Crippen LogP contribution in [0.2, 0.25) is 0 Å². The van der Waals surface area contributed by atoms with E-state index >= 15 is 0 Å². The third kappa shape index (κ3) is 1.17. The van der Waals surface area contributed by atoms with Crippen LogP contribution < -0.4 is 5.73 Å². The summed E-state index contributed by atoms with van der Waals surface area (Å²) in [5.41, 5.74) is 9.00. The Kier molecular flexibility index (Phi) is 1.73. The van der Waals surface area contributed by atoms with Gasteiger partial charge < -0.3 is 10.7 Å². The fraction of sp³-hybridized carbons (Fsp3) is 0. The van der Waals surface area contributed by atoms with E-state index in [1.54, 1.807) is 0 Å². The fourth-order valence-corrected chi connectivity index (χ4v) is 2.67. The van der Waals surface area contributed by atoms with Gasteiger partial charge in [-0.1, -0.05) is 36.4 Å². The van der Waals surface area contributed by atoms with Gasteiger partial charge in [-0.2, -0.15) is 0 Å². The molecular formula is C16H12N2. The van der Waals surface area contributed by atoms with Crippen LogP contribution in [0.3, 0.4) is 0 Å². The lowest BCUT2D eigenvalue weighted by Crippen LogP contribution is -1.84. The van der Waals surface area contributed by atoms with Crippen LogP contribution in [0, 0.1) is 0 Å². The molecule has 18 heavy (non-hydrogen) atoms.